The Hall–Kier alpha value is -2.02. The first-order valence-electron chi connectivity index (χ1n) is 19.7. The second-order valence-corrected chi connectivity index (χ2v) is 16.5. The second-order valence-electron chi connectivity index (χ2n) is 16.5. The van der Waals surface area contributed by atoms with Crippen LogP contribution in [0.2, 0.25) is 0 Å². The quantitative estimate of drug-likeness (QED) is 0.0639. The highest BCUT2D eigenvalue weighted by Gasteiger charge is 2.57. The van der Waals surface area contributed by atoms with E-state index < -0.39 is 178 Å². The van der Waals surface area contributed by atoms with Crippen LogP contribution in [0.5, 0.6) is 0 Å². The predicted molar refractivity (Wildman–Crippen MR) is 191 cm³/mol. The van der Waals surface area contributed by atoms with E-state index in [1.165, 1.54) is 13.8 Å². The summed E-state index contributed by atoms with van der Waals surface area (Å²) in [6, 6.07) is 0. The van der Waals surface area contributed by atoms with E-state index in [-0.39, 0.29) is 13.2 Å². The highest BCUT2D eigenvalue weighted by atomic mass is 16.8. The van der Waals surface area contributed by atoms with Gasteiger partial charge in [0.05, 0.1) is 26.4 Å². The molecule has 0 bridgehead atoms. The van der Waals surface area contributed by atoms with Crippen molar-refractivity contribution in [1.29, 1.82) is 0 Å². The molecule has 23 atom stereocenters. The molecule has 0 spiro atoms. The van der Waals surface area contributed by atoms with Crippen LogP contribution in [0.15, 0.2) is 0 Å². The van der Waals surface area contributed by atoms with Crippen molar-refractivity contribution in [2.45, 2.75) is 180 Å². The minimum atomic E-state index is -2.30. The van der Waals surface area contributed by atoms with Gasteiger partial charge in [-0.15, -0.1) is 0 Å². The fourth-order valence-electron chi connectivity index (χ4n) is 7.51. The number of aliphatic carboxylic acids is 2. The molecular weight excluding hydrogens is 868 g/mol. The largest absolute Gasteiger partial charge is 0.479 e. The zero-order valence-electron chi connectivity index (χ0n) is 34.1. The molecule has 28 heteroatoms. The van der Waals surface area contributed by atoms with E-state index in [0.717, 1.165) is 13.8 Å². The number of carboxylic acid groups (broad SMARTS) is 2. The lowest BCUT2D eigenvalue weighted by Crippen LogP contribution is -2.67. The van der Waals surface area contributed by atoms with Gasteiger partial charge in [0, 0.05) is 0 Å². The van der Waals surface area contributed by atoms with Gasteiger partial charge in [-0.25, -0.2) is 9.59 Å². The Balaban J connectivity index is 1.34. The average Bonchev–Trinajstić information content (AvgIpc) is 3.20. The third kappa shape index (κ3) is 11.6. The van der Waals surface area contributed by atoms with Gasteiger partial charge < -0.3 is 129 Å². The SMILES string of the molecule is CC(C)(O[C@@H]1O[C@H](CO)[C@@H](O)[C@H](O)[C@H]1O[C@@H]1O[C@H](CO)[C@@H](O)[C@H](O)[C@H]1O)O[C@H]1[C@H](O)[C@@H](O)[C@H](O[C@H]2[C@H](OC(C)(C)O[C@H]3COC[C@H](O)[C@@H]3O)O[C@H](C(=O)O)[C@@H](O)[C@@H]2O)O[C@@H]1C(=O)O. The number of hydrogen-bond donors (Lipinski definition) is 15. The molecule has 63 heavy (non-hydrogen) atoms. The van der Waals surface area contributed by atoms with Crippen molar-refractivity contribution in [3.05, 3.63) is 0 Å². The van der Waals surface area contributed by atoms with Crippen LogP contribution in [0.25, 0.3) is 0 Å². The maximum Gasteiger partial charge on any atom is 0.335 e. The molecule has 15 N–H and O–H groups in total. The summed E-state index contributed by atoms with van der Waals surface area (Å²) < 4.78 is 61.5. The number of aliphatic hydroxyl groups excluding tert-OH is 13. The fourth-order valence-corrected chi connectivity index (χ4v) is 7.51. The summed E-state index contributed by atoms with van der Waals surface area (Å²) >= 11 is 0. The van der Waals surface area contributed by atoms with Crippen LogP contribution >= 0.6 is 0 Å². The maximum absolute atomic E-state index is 12.6. The summed E-state index contributed by atoms with van der Waals surface area (Å²) in [5, 5.41) is 157. The lowest BCUT2D eigenvalue weighted by molar-refractivity contribution is -0.415. The van der Waals surface area contributed by atoms with Crippen LogP contribution in [0.4, 0.5) is 0 Å². The monoisotopic (exact) mass is 926 g/mol. The van der Waals surface area contributed by atoms with Crippen molar-refractivity contribution in [2.24, 2.45) is 0 Å². The van der Waals surface area contributed by atoms with Gasteiger partial charge >= 0.3 is 11.9 Å². The summed E-state index contributed by atoms with van der Waals surface area (Å²) in [6.45, 7) is 2.53. The summed E-state index contributed by atoms with van der Waals surface area (Å²) in [5.74, 6) is -7.71. The molecule has 5 aliphatic rings. The molecule has 0 radical (unpaired) electrons. The summed E-state index contributed by atoms with van der Waals surface area (Å²) in [7, 11) is 0. The molecule has 5 aliphatic heterocycles. The van der Waals surface area contributed by atoms with E-state index in [1.54, 1.807) is 0 Å². The van der Waals surface area contributed by atoms with Gasteiger partial charge in [0.15, 0.2) is 48.9 Å². The summed E-state index contributed by atoms with van der Waals surface area (Å²) in [4.78, 5) is 24.6. The second kappa shape index (κ2) is 20.9. The molecule has 5 rings (SSSR count). The van der Waals surface area contributed by atoms with E-state index in [2.05, 4.69) is 0 Å². The fraction of sp³-hybridized carbons (Fsp3) is 0.943. The van der Waals surface area contributed by atoms with Crippen molar-refractivity contribution in [1.82, 2.24) is 0 Å². The number of carboxylic acids is 2. The molecule has 0 aromatic carbocycles. The Morgan fingerprint density at radius 1 is 0.476 bits per heavy atom. The van der Waals surface area contributed by atoms with E-state index in [9.17, 15) is 86.2 Å². The zero-order chi connectivity index (χ0) is 47.0. The number of rotatable bonds is 16. The number of hydrogen-bond acceptors (Lipinski definition) is 26. The third-order valence-corrected chi connectivity index (χ3v) is 10.8. The lowest BCUT2D eigenvalue weighted by atomic mass is 9.96. The molecule has 366 valence electrons. The maximum atomic E-state index is 12.6. The van der Waals surface area contributed by atoms with Crippen molar-refractivity contribution >= 4 is 11.9 Å². The number of carbonyl (C=O) groups is 2. The van der Waals surface area contributed by atoms with Crippen molar-refractivity contribution < 1.29 is 138 Å². The van der Waals surface area contributed by atoms with Crippen LogP contribution in [0.3, 0.4) is 0 Å². The standard InChI is InChI=1S/C35H58O28/c1-34(2,60-12-8-53-7-9(38)13(12)39)63-33-26(19(45)18(44)24(56-33)28(49)50)58-31-22(48)20(46)23(27(59-31)29(51)52)61-35(3,4)62-32-25(17(43)15(41)11(6-37)55-32)57-30-21(47)16(42)14(40)10(5-36)54-30/h9-27,30-33,36-48H,5-8H2,1-4H3,(H,49,50)(H,51,52)/t9-,10+,11+,12-,13-,14+,15+,16-,17-,18-,19-,20+,21+,22+,23-,24-,25+,26+,27-,30-,31+,32-,33-/m0/s1. The first-order valence-corrected chi connectivity index (χ1v) is 19.7. The normalized spacial score (nSPS) is 46.7. The third-order valence-electron chi connectivity index (χ3n) is 10.8. The van der Waals surface area contributed by atoms with E-state index in [0.29, 0.717) is 0 Å². The molecular formula is C35H58O28. The molecule has 0 aliphatic carbocycles. The van der Waals surface area contributed by atoms with Gasteiger partial charge in [0.1, 0.15) is 104 Å². The Bertz CT molecular complexity index is 1500. The van der Waals surface area contributed by atoms with E-state index >= 15 is 0 Å². The molecule has 5 saturated heterocycles. The molecule has 28 nitrogen and oxygen atoms in total. The van der Waals surface area contributed by atoms with Gasteiger partial charge in [-0.2, -0.15) is 0 Å². The minimum Gasteiger partial charge on any atom is -0.479 e. The minimum absolute atomic E-state index is 0.212. The number of aliphatic hydroxyl groups is 13. The molecule has 0 aromatic rings. The highest BCUT2D eigenvalue weighted by Crippen LogP contribution is 2.37. The van der Waals surface area contributed by atoms with Gasteiger partial charge in [-0.1, -0.05) is 0 Å². The summed E-state index contributed by atoms with van der Waals surface area (Å²) in [5.41, 5.74) is 0. The van der Waals surface area contributed by atoms with Gasteiger partial charge in [0.2, 0.25) is 0 Å². The first kappa shape index (κ1) is 52.0. The van der Waals surface area contributed by atoms with Crippen LogP contribution < -0.4 is 0 Å². The average molecular weight is 927 g/mol. The van der Waals surface area contributed by atoms with Crippen LogP contribution in [0, 0.1) is 0 Å². The Kier molecular flexibility index (Phi) is 17.2. The van der Waals surface area contributed by atoms with Crippen molar-refractivity contribution in [2.75, 3.05) is 26.4 Å². The van der Waals surface area contributed by atoms with Gasteiger partial charge in [0.25, 0.3) is 0 Å². The molecule has 0 unspecified atom stereocenters. The van der Waals surface area contributed by atoms with Gasteiger partial charge in [-0.05, 0) is 27.7 Å². The Morgan fingerprint density at radius 2 is 0.905 bits per heavy atom. The molecule has 5 fully saturated rings. The molecule has 0 amide bonds. The molecule has 5 heterocycles. The Morgan fingerprint density at radius 3 is 1.44 bits per heavy atom. The predicted octanol–water partition coefficient (Wildman–Crippen LogP) is -8.91. The van der Waals surface area contributed by atoms with E-state index in [4.69, 9.17) is 52.1 Å². The molecule has 0 aromatic heterocycles. The van der Waals surface area contributed by atoms with E-state index in [1.807, 2.05) is 0 Å². The number of ether oxygens (including phenoxy) is 11. The van der Waals surface area contributed by atoms with Crippen molar-refractivity contribution in [3.8, 4) is 0 Å². The lowest BCUT2D eigenvalue weighted by Gasteiger charge is -2.49. The first-order chi connectivity index (χ1) is 29.3. The topological polar surface area (TPSA) is 439 Å². The summed E-state index contributed by atoms with van der Waals surface area (Å²) in [6.07, 6.45) is -44.5. The van der Waals surface area contributed by atoms with Crippen molar-refractivity contribution in [3.63, 3.8) is 0 Å². The van der Waals surface area contributed by atoms with Gasteiger partial charge in [-0.3, -0.25) is 0 Å². The zero-order valence-corrected chi connectivity index (χ0v) is 34.1. The molecule has 0 saturated carbocycles. The van der Waals surface area contributed by atoms with Crippen LogP contribution in [0.1, 0.15) is 27.7 Å². The van der Waals surface area contributed by atoms with Crippen LogP contribution in [-0.4, -0.2) is 268 Å². The highest BCUT2D eigenvalue weighted by molar-refractivity contribution is 5.74. The van der Waals surface area contributed by atoms with Crippen LogP contribution in [-0.2, 0) is 61.7 Å². The Labute approximate surface area is 357 Å². The smallest absolute Gasteiger partial charge is 0.335 e.